The first-order valence-corrected chi connectivity index (χ1v) is 10.6. The van der Waals surface area contributed by atoms with Crippen LogP contribution < -0.4 is 15.0 Å². The fraction of sp³-hybridized carbons (Fsp3) is 0.375. The van der Waals surface area contributed by atoms with Crippen LogP contribution in [0.2, 0.25) is 0 Å². The SMILES string of the molecule is COc1ccc(CNC(=O)CCCN2C(=O)c3ccccc3N3C(=O)CCC23C)cc1. The highest BCUT2D eigenvalue weighted by molar-refractivity contribution is 6.10. The molecule has 2 aliphatic heterocycles. The van der Waals surface area contributed by atoms with Crippen molar-refractivity contribution >= 4 is 23.4 Å². The van der Waals surface area contributed by atoms with Crippen molar-refractivity contribution in [3.63, 3.8) is 0 Å². The molecule has 0 bridgehead atoms. The van der Waals surface area contributed by atoms with E-state index in [2.05, 4.69) is 5.32 Å². The predicted molar refractivity (Wildman–Crippen MR) is 117 cm³/mol. The van der Waals surface area contributed by atoms with Gasteiger partial charge in [0.05, 0.1) is 18.4 Å². The number of nitrogens with one attached hydrogen (secondary N) is 1. The van der Waals surface area contributed by atoms with Gasteiger partial charge in [0.25, 0.3) is 5.91 Å². The molecule has 2 aromatic carbocycles. The van der Waals surface area contributed by atoms with E-state index < -0.39 is 5.66 Å². The molecule has 1 N–H and O–H groups in total. The second-order valence-corrected chi connectivity index (χ2v) is 8.15. The van der Waals surface area contributed by atoms with Crippen molar-refractivity contribution < 1.29 is 19.1 Å². The van der Waals surface area contributed by atoms with Crippen LogP contribution >= 0.6 is 0 Å². The monoisotopic (exact) mass is 421 g/mol. The molecule has 2 aliphatic rings. The van der Waals surface area contributed by atoms with Gasteiger partial charge >= 0.3 is 0 Å². The van der Waals surface area contributed by atoms with E-state index in [1.807, 2.05) is 49.4 Å². The van der Waals surface area contributed by atoms with Crippen molar-refractivity contribution in [2.45, 2.75) is 44.8 Å². The fourth-order valence-corrected chi connectivity index (χ4v) is 4.47. The highest BCUT2D eigenvalue weighted by atomic mass is 16.5. The van der Waals surface area contributed by atoms with Gasteiger partial charge in [0, 0.05) is 25.9 Å². The molecule has 0 saturated carbocycles. The molecule has 0 spiro atoms. The number of carbonyl (C=O) groups excluding carboxylic acids is 3. The molecular formula is C24H27N3O4. The van der Waals surface area contributed by atoms with Crippen LogP contribution in [0.1, 0.15) is 48.5 Å². The lowest BCUT2D eigenvalue weighted by Gasteiger charge is -2.48. The Labute approximate surface area is 182 Å². The first-order chi connectivity index (χ1) is 14.9. The van der Waals surface area contributed by atoms with Crippen LogP contribution in [-0.2, 0) is 16.1 Å². The first kappa shape index (κ1) is 20.9. The van der Waals surface area contributed by atoms with Gasteiger partial charge < -0.3 is 15.0 Å². The number of hydrogen-bond acceptors (Lipinski definition) is 4. The van der Waals surface area contributed by atoms with Crippen molar-refractivity contribution in [1.29, 1.82) is 0 Å². The average molecular weight is 421 g/mol. The molecule has 0 aromatic heterocycles. The fourth-order valence-electron chi connectivity index (χ4n) is 4.47. The van der Waals surface area contributed by atoms with Gasteiger partial charge in [-0.2, -0.15) is 0 Å². The Morgan fingerprint density at radius 1 is 1.13 bits per heavy atom. The minimum absolute atomic E-state index is 0.0321. The van der Waals surface area contributed by atoms with Gasteiger partial charge in [0.1, 0.15) is 11.4 Å². The standard InChI is InChI=1S/C24H27N3O4/c1-24-14-13-22(29)27(24)20-7-4-3-6-19(20)23(30)26(24)15-5-8-21(28)25-16-17-9-11-18(31-2)12-10-17/h3-4,6-7,9-12H,5,8,13-16H2,1-2H3,(H,25,28). The minimum atomic E-state index is -0.678. The molecule has 1 fully saturated rings. The number of ether oxygens (including phenoxy) is 1. The number of carbonyl (C=O) groups is 3. The molecule has 7 nitrogen and oxygen atoms in total. The summed E-state index contributed by atoms with van der Waals surface area (Å²) in [6.45, 7) is 2.80. The summed E-state index contributed by atoms with van der Waals surface area (Å²) < 4.78 is 5.14. The Hall–Kier alpha value is -3.35. The maximum atomic E-state index is 13.2. The summed E-state index contributed by atoms with van der Waals surface area (Å²) in [7, 11) is 1.61. The van der Waals surface area contributed by atoms with E-state index >= 15 is 0 Å². The third kappa shape index (κ3) is 3.87. The zero-order valence-electron chi connectivity index (χ0n) is 17.9. The van der Waals surface area contributed by atoms with Crippen LogP contribution in [0.4, 0.5) is 5.69 Å². The van der Waals surface area contributed by atoms with Crippen molar-refractivity contribution in [2.75, 3.05) is 18.6 Å². The van der Waals surface area contributed by atoms with E-state index in [9.17, 15) is 14.4 Å². The summed E-state index contributed by atoms with van der Waals surface area (Å²) in [5, 5.41) is 2.92. The summed E-state index contributed by atoms with van der Waals surface area (Å²) in [5.41, 5.74) is 1.54. The maximum Gasteiger partial charge on any atom is 0.257 e. The van der Waals surface area contributed by atoms with E-state index in [1.165, 1.54) is 0 Å². The molecule has 0 radical (unpaired) electrons. The van der Waals surface area contributed by atoms with E-state index in [1.54, 1.807) is 23.0 Å². The summed E-state index contributed by atoms with van der Waals surface area (Å²) in [6.07, 6.45) is 1.85. The zero-order chi connectivity index (χ0) is 22.0. The lowest BCUT2D eigenvalue weighted by molar-refractivity contribution is -0.121. The third-order valence-electron chi connectivity index (χ3n) is 6.18. The van der Waals surface area contributed by atoms with Crippen molar-refractivity contribution in [3.8, 4) is 5.75 Å². The van der Waals surface area contributed by atoms with E-state index in [0.717, 1.165) is 11.3 Å². The van der Waals surface area contributed by atoms with Crippen LogP contribution in [0.25, 0.3) is 0 Å². The molecule has 31 heavy (non-hydrogen) atoms. The normalized spacial score (nSPS) is 19.8. The third-order valence-corrected chi connectivity index (χ3v) is 6.18. The Bertz CT molecular complexity index is 1000. The molecule has 162 valence electrons. The zero-order valence-corrected chi connectivity index (χ0v) is 17.9. The van der Waals surface area contributed by atoms with Gasteiger partial charge in [0.2, 0.25) is 11.8 Å². The highest BCUT2D eigenvalue weighted by Crippen LogP contribution is 2.43. The first-order valence-electron chi connectivity index (χ1n) is 10.6. The number of anilines is 1. The smallest absolute Gasteiger partial charge is 0.257 e. The van der Waals surface area contributed by atoms with E-state index in [4.69, 9.17) is 4.74 Å². The molecule has 3 amide bonds. The molecule has 4 rings (SSSR count). The summed E-state index contributed by atoms with van der Waals surface area (Å²) >= 11 is 0. The van der Waals surface area contributed by atoms with Gasteiger partial charge in [-0.25, -0.2) is 0 Å². The van der Waals surface area contributed by atoms with Gasteiger partial charge in [-0.15, -0.1) is 0 Å². The van der Waals surface area contributed by atoms with Crippen molar-refractivity contribution in [2.24, 2.45) is 0 Å². The molecular weight excluding hydrogens is 394 g/mol. The van der Waals surface area contributed by atoms with Crippen LogP contribution in [0.15, 0.2) is 48.5 Å². The summed E-state index contributed by atoms with van der Waals surface area (Å²) in [6, 6.07) is 14.8. The quantitative estimate of drug-likeness (QED) is 0.745. The number of fused-ring (bicyclic) bond motifs is 3. The number of benzene rings is 2. The van der Waals surface area contributed by atoms with Crippen LogP contribution in [0.3, 0.4) is 0 Å². The topological polar surface area (TPSA) is 79.0 Å². The van der Waals surface area contributed by atoms with Crippen molar-refractivity contribution in [1.82, 2.24) is 10.2 Å². The predicted octanol–water partition coefficient (Wildman–Crippen LogP) is 3.09. The molecule has 2 heterocycles. The Kier molecular flexibility index (Phi) is 5.67. The Balaban J connectivity index is 1.37. The lowest BCUT2D eigenvalue weighted by atomic mass is 9.98. The number of para-hydroxylation sites is 1. The number of rotatable bonds is 7. The maximum absolute atomic E-state index is 13.2. The number of hydrogen-bond donors (Lipinski definition) is 1. The molecule has 7 heteroatoms. The van der Waals surface area contributed by atoms with Crippen molar-refractivity contribution in [3.05, 3.63) is 59.7 Å². The number of nitrogens with zero attached hydrogens (tertiary/aromatic N) is 2. The minimum Gasteiger partial charge on any atom is -0.497 e. The second-order valence-electron chi connectivity index (χ2n) is 8.15. The molecule has 1 atom stereocenters. The van der Waals surface area contributed by atoms with E-state index in [-0.39, 0.29) is 17.7 Å². The molecule has 0 aliphatic carbocycles. The van der Waals surface area contributed by atoms with E-state index in [0.29, 0.717) is 50.0 Å². The molecule has 1 saturated heterocycles. The van der Waals surface area contributed by atoms with Gasteiger partial charge in [-0.1, -0.05) is 24.3 Å². The summed E-state index contributed by atoms with van der Waals surface area (Å²) in [5.74, 6) is 0.661. The Morgan fingerprint density at radius 3 is 2.61 bits per heavy atom. The highest BCUT2D eigenvalue weighted by Gasteiger charge is 2.52. The largest absolute Gasteiger partial charge is 0.497 e. The van der Waals surface area contributed by atoms with Gasteiger partial charge in [-0.3, -0.25) is 19.3 Å². The number of methoxy groups -OCH3 is 1. The average Bonchev–Trinajstić information content (AvgIpc) is 3.10. The Morgan fingerprint density at radius 2 is 1.87 bits per heavy atom. The van der Waals surface area contributed by atoms with Crippen LogP contribution in [0, 0.1) is 0 Å². The lowest BCUT2D eigenvalue weighted by Crippen LogP contribution is -2.62. The van der Waals surface area contributed by atoms with Gasteiger partial charge in [0.15, 0.2) is 0 Å². The second kappa shape index (κ2) is 8.41. The number of amides is 3. The van der Waals surface area contributed by atoms with Crippen LogP contribution in [0.5, 0.6) is 5.75 Å². The summed E-state index contributed by atoms with van der Waals surface area (Å²) in [4.78, 5) is 41.6. The van der Waals surface area contributed by atoms with Gasteiger partial charge in [-0.05, 0) is 49.6 Å². The molecule has 2 aromatic rings. The van der Waals surface area contributed by atoms with Crippen LogP contribution in [-0.4, -0.2) is 41.9 Å². The molecule has 1 unspecified atom stereocenters.